The van der Waals surface area contributed by atoms with Gasteiger partial charge in [-0.3, -0.25) is 14.4 Å². The van der Waals surface area contributed by atoms with E-state index in [4.69, 9.17) is 28.5 Å². The zero-order chi connectivity index (χ0) is 32.5. The second kappa shape index (κ2) is 12.6. The molecule has 0 saturated carbocycles. The van der Waals surface area contributed by atoms with E-state index in [-0.39, 0.29) is 22.8 Å². The zero-order valence-electron chi connectivity index (χ0n) is 23.2. The SMILES string of the molecule is COc1cc(-c2cc(=O)c3c(O)c(O)c(OC4OC(COC(=O)CC(C)(O)CC(=O)O)C(O)C(O)C4O)cc3o2)ccc1O. The highest BCUT2D eigenvalue weighted by molar-refractivity contribution is 5.89. The molecule has 4 rings (SSSR count). The Balaban J connectivity index is 1.58. The summed E-state index contributed by atoms with van der Waals surface area (Å²) in [6.45, 7) is 0.381. The second-order valence-electron chi connectivity index (χ2n) is 10.4. The molecule has 1 fully saturated rings. The summed E-state index contributed by atoms with van der Waals surface area (Å²) >= 11 is 0. The summed E-state index contributed by atoms with van der Waals surface area (Å²) in [4.78, 5) is 35.8. The highest BCUT2D eigenvalue weighted by atomic mass is 16.7. The zero-order valence-corrected chi connectivity index (χ0v) is 23.2. The molecule has 1 aromatic heterocycles. The van der Waals surface area contributed by atoms with Gasteiger partial charge in [0.1, 0.15) is 47.8 Å². The first-order valence-corrected chi connectivity index (χ1v) is 13.0. The number of aliphatic hydroxyl groups excluding tert-OH is 3. The van der Waals surface area contributed by atoms with Crippen LogP contribution in [0.2, 0.25) is 0 Å². The third-order valence-electron chi connectivity index (χ3n) is 6.77. The summed E-state index contributed by atoms with van der Waals surface area (Å²) in [6.07, 6.45) is -10.5. The van der Waals surface area contributed by atoms with Gasteiger partial charge in [-0.15, -0.1) is 0 Å². The molecule has 0 bridgehead atoms. The number of fused-ring (bicyclic) bond motifs is 1. The van der Waals surface area contributed by atoms with Gasteiger partial charge in [0.15, 0.2) is 28.4 Å². The first-order chi connectivity index (χ1) is 20.6. The topological polar surface area (TPSA) is 263 Å². The van der Waals surface area contributed by atoms with Crippen LogP contribution in [0.4, 0.5) is 0 Å². The average molecular weight is 623 g/mol. The predicted molar refractivity (Wildman–Crippen MR) is 145 cm³/mol. The van der Waals surface area contributed by atoms with Crippen LogP contribution in [0.15, 0.2) is 39.5 Å². The number of carbonyl (C=O) groups is 2. The van der Waals surface area contributed by atoms with Crippen LogP contribution in [-0.2, 0) is 19.1 Å². The quantitative estimate of drug-likeness (QED) is 0.109. The van der Waals surface area contributed by atoms with Gasteiger partial charge in [-0.1, -0.05) is 0 Å². The van der Waals surface area contributed by atoms with Gasteiger partial charge in [0.2, 0.25) is 12.0 Å². The second-order valence-corrected chi connectivity index (χ2v) is 10.4. The Kier molecular flexibility index (Phi) is 9.22. The van der Waals surface area contributed by atoms with Crippen LogP contribution in [0.5, 0.6) is 28.7 Å². The molecule has 1 saturated heterocycles. The number of phenolic OH excluding ortho intramolecular Hbond substituents is 3. The lowest BCUT2D eigenvalue weighted by Gasteiger charge is -2.40. The molecule has 16 heteroatoms. The lowest BCUT2D eigenvalue weighted by atomic mass is 9.98. The van der Waals surface area contributed by atoms with Crippen molar-refractivity contribution in [3.8, 4) is 40.1 Å². The number of benzene rings is 2. The molecule has 6 atom stereocenters. The molecular formula is C28H30O16. The van der Waals surface area contributed by atoms with Crippen LogP contribution in [0.3, 0.4) is 0 Å². The number of methoxy groups -OCH3 is 1. The average Bonchev–Trinajstić information content (AvgIpc) is 2.94. The molecule has 2 aromatic carbocycles. The van der Waals surface area contributed by atoms with Crippen molar-refractivity contribution in [2.75, 3.05) is 13.7 Å². The molecule has 0 aliphatic carbocycles. The molecular weight excluding hydrogens is 592 g/mol. The van der Waals surface area contributed by atoms with Crippen molar-refractivity contribution in [1.82, 2.24) is 0 Å². The fourth-order valence-corrected chi connectivity index (χ4v) is 4.53. The van der Waals surface area contributed by atoms with Gasteiger partial charge >= 0.3 is 11.9 Å². The first kappa shape index (κ1) is 32.3. The summed E-state index contributed by atoms with van der Waals surface area (Å²) in [5.74, 6) is -4.99. The monoisotopic (exact) mass is 622 g/mol. The van der Waals surface area contributed by atoms with Crippen molar-refractivity contribution in [2.24, 2.45) is 0 Å². The summed E-state index contributed by atoms with van der Waals surface area (Å²) in [6, 6.07) is 6.15. The Labute approximate surface area is 247 Å². The molecule has 16 nitrogen and oxygen atoms in total. The number of ether oxygens (including phenoxy) is 4. The normalized spacial score (nSPS) is 23.1. The van der Waals surface area contributed by atoms with Crippen molar-refractivity contribution in [3.05, 3.63) is 40.6 Å². The smallest absolute Gasteiger partial charge is 0.308 e. The van der Waals surface area contributed by atoms with E-state index in [1.54, 1.807) is 0 Å². The number of aliphatic carboxylic acids is 1. The summed E-state index contributed by atoms with van der Waals surface area (Å²) in [5.41, 5.74) is -2.67. The molecule has 2 heterocycles. The molecule has 8 N–H and O–H groups in total. The number of hydrogen-bond donors (Lipinski definition) is 8. The van der Waals surface area contributed by atoms with E-state index in [1.807, 2.05) is 0 Å². The number of hydrogen-bond acceptors (Lipinski definition) is 15. The molecule has 0 radical (unpaired) electrons. The van der Waals surface area contributed by atoms with Crippen molar-refractivity contribution in [1.29, 1.82) is 0 Å². The van der Waals surface area contributed by atoms with E-state index < -0.39 is 95.8 Å². The summed E-state index contributed by atoms with van der Waals surface area (Å²) < 4.78 is 26.7. The van der Waals surface area contributed by atoms with Gasteiger partial charge in [-0.2, -0.15) is 0 Å². The fourth-order valence-electron chi connectivity index (χ4n) is 4.53. The maximum Gasteiger partial charge on any atom is 0.308 e. The third-order valence-corrected chi connectivity index (χ3v) is 6.77. The fraction of sp³-hybridized carbons (Fsp3) is 0.393. The lowest BCUT2D eigenvalue weighted by molar-refractivity contribution is -0.278. The molecule has 0 spiro atoms. The number of carboxylic acids is 1. The number of carbonyl (C=O) groups excluding carboxylic acids is 1. The number of phenols is 3. The molecule has 44 heavy (non-hydrogen) atoms. The van der Waals surface area contributed by atoms with Crippen molar-refractivity contribution in [2.45, 2.75) is 56.1 Å². The van der Waals surface area contributed by atoms with Gasteiger partial charge in [0, 0.05) is 17.7 Å². The lowest BCUT2D eigenvalue weighted by Crippen LogP contribution is -2.60. The Morgan fingerprint density at radius 2 is 1.66 bits per heavy atom. The number of esters is 1. The van der Waals surface area contributed by atoms with Gasteiger partial charge in [-0.25, -0.2) is 0 Å². The minimum Gasteiger partial charge on any atom is -0.504 e. The maximum absolute atomic E-state index is 12.8. The van der Waals surface area contributed by atoms with Crippen LogP contribution >= 0.6 is 0 Å². The predicted octanol–water partition coefficient (Wildman–Crippen LogP) is -0.0692. The molecule has 3 aromatic rings. The van der Waals surface area contributed by atoms with Crippen molar-refractivity contribution >= 4 is 22.9 Å². The van der Waals surface area contributed by atoms with Gasteiger partial charge < -0.3 is 64.2 Å². The van der Waals surface area contributed by atoms with E-state index in [9.17, 15) is 50.1 Å². The molecule has 1 aliphatic rings. The third kappa shape index (κ3) is 6.79. The Morgan fingerprint density at radius 3 is 2.32 bits per heavy atom. The van der Waals surface area contributed by atoms with Crippen LogP contribution in [0.1, 0.15) is 19.8 Å². The molecule has 1 aliphatic heterocycles. The van der Waals surface area contributed by atoms with Gasteiger partial charge in [-0.05, 0) is 25.1 Å². The van der Waals surface area contributed by atoms with E-state index in [1.165, 1.54) is 25.3 Å². The van der Waals surface area contributed by atoms with E-state index in [0.29, 0.717) is 5.56 Å². The molecule has 6 unspecified atom stereocenters. The number of aromatic hydroxyl groups is 3. The number of carboxylic acid groups (broad SMARTS) is 1. The van der Waals surface area contributed by atoms with Gasteiger partial charge in [0.05, 0.1) is 25.6 Å². The minimum atomic E-state index is -1.94. The van der Waals surface area contributed by atoms with Crippen molar-refractivity contribution < 1.29 is 73.8 Å². The Morgan fingerprint density at radius 1 is 0.955 bits per heavy atom. The summed E-state index contributed by atoms with van der Waals surface area (Å²) in [5, 5.41) is 80.7. The van der Waals surface area contributed by atoms with Crippen LogP contribution < -0.4 is 14.9 Å². The standard InChI is InChI=1S/C28H30O16/c1-28(39,8-19(31)32)9-20(33)41-10-18-23(35)25(37)26(38)27(44-18)43-17-7-16-21(24(36)22(17)34)13(30)6-14(42-16)11-3-4-12(29)15(5-11)40-2/h3-7,18,23,25-27,29,34-39H,8-10H2,1-2H3,(H,31,32). The van der Waals surface area contributed by atoms with Crippen LogP contribution in [0.25, 0.3) is 22.3 Å². The Hall–Kier alpha value is -4.61. The van der Waals surface area contributed by atoms with Crippen molar-refractivity contribution in [3.63, 3.8) is 0 Å². The summed E-state index contributed by atoms with van der Waals surface area (Å²) in [7, 11) is 1.32. The highest BCUT2D eigenvalue weighted by Crippen LogP contribution is 2.43. The molecule has 0 amide bonds. The maximum atomic E-state index is 12.8. The van der Waals surface area contributed by atoms with E-state index in [2.05, 4.69) is 0 Å². The van der Waals surface area contributed by atoms with Crippen LogP contribution in [-0.4, -0.2) is 103 Å². The minimum absolute atomic E-state index is 0.0199. The molecule has 238 valence electrons. The van der Waals surface area contributed by atoms with E-state index in [0.717, 1.165) is 19.1 Å². The van der Waals surface area contributed by atoms with E-state index >= 15 is 0 Å². The highest BCUT2D eigenvalue weighted by Gasteiger charge is 2.46. The number of rotatable bonds is 10. The largest absolute Gasteiger partial charge is 0.504 e. The first-order valence-electron chi connectivity index (χ1n) is 13.0. The van der Waals surface area contributed by atoms with Crippen LogP contribution in [0, 0.1) is 0 Å². The van der Waals surface area contributed by atoms with Gasteiger partial charge in [0.25, 0.3) is 0 Å². The number of aliphatic hydroxyl groups is 4. The Bertz CT molecular complexity index is 1610.